The van der Waals surface area contributed by atoms with Gasteiger partial charge < -0.3 is 4.74 Å². The van der Waals surface area contributed by atoms with Gasteiger partial charge in [0.05, 0.1) is 18.7 Å². The van der Waals surface area contributed by atoms with Gasteiger partial charge in [0.15, 0.2) is 0 Å². The summed E-state index contributed by atoms with van der Waals surface area (Å²) < 4.78 is 19.0. The van der Waals surface area contributed by atoms with Gasteiger partial charge >= 0.3 is 0 Å². The summed E-state index contributed by atoms with van der Waals surface area (Å²) in [5.41, 5.74) is 0.965. The number of imide groups is 1. The summed E-state index contributed by atoms with van der Waals surface area (Å²) in [5.74, 6) is -1.07. The zero-order valence-electron chi connectivity index (χ0n) is 12.7. The monoisotopic (exact) mass is 313 g/mol. The first-order valence-electron chi connectivity index (χ1n) is 7.34. The Balaban J connectivity index is 1.80. The molecule has 0 saturated carbocycles. The number of hydrogen-bond donors (Lipinski definition) is 0. The molecular weight excluding hydrogens is 297 g/mol. The van der Waals surface area contributed by atoms with Crippen molar-refractivity contribution in [1.29, 1.82) is 0 Å². The molecule has 0 radical (unpaired) electrons. The third kappa shape index (κ3) is 2.95. The van der Waals surface area contributed by atoms with E-state index in [1.165, 1.54) is 18.1 Å². The van der Waals surface area contributed by atoms with Gasteiger partial charge in [-0.1, -0.05) is 24.3 Å². The second-order valence-electron chi connectivity index (χ2n) is 5.47. The van der Waals surface area contributed by atoms with Crippen molar-refractivity contribution in [2.75, 3.05) is 12.0 Å². The van der Waals surface area contributed by atoms with Crippen LogP contribution in [-0.4, -0.2) is 18.9 Å². The van der Waals surface area contributed by atoms with Crippen LogP contribution in [0.3, 0.4) is 0 Å². The summed E-state index contributed by atoms with van der Waals surface area (Å²) in [7, 11) is 1.46. The summed E-state index contributed by atoms with van der Waals surface area (Å²) in [5, 5.41) is 0. The molecule has 0 N–H and O–H groups in total. The summed E-state index contributed by atoms with van der Waals surface area (Å²) >= 11 is 0. The molecule has 23 heavy (non-hydrogen) atoms. The summed E-state index contributed by atoms with van der Waals surface area (Å²) in [4.78, 5) is 25.9. The van der Waals surface area contributed by atoms with Crippen LogP contribution in [0.1, 0.15) is 12.0 Å². The minimum Gasteiger partial charge on any atom is -0.497 e. The van der Waals surface area contributed by atoms with Gasteiger partial charge in [0.1, 0.15) is 11.6 Å². The van der Waals surface area contributed by atoms with Gasteiger partial charge in [0.25, 0.3) is 0 Å². The number of hydrogen-bond acceptors (Lipinski definition) is 3. The van der Waals surface area contributed by atoms with E-state index in [1.807, 2.05) is 6.07 Å². The Morgan fingerprint density at radius 1 is 1.17 bits per heavy atom. The first-order valence-corrected chi connectivity index (χ1v) is 7.34. The molecule has 3 rings (SSSR count). The molecule has 4 nitrogen and oxygen atoms in total. The van der Waals surface area contributed by atoms with Crippen LogP contribution in [0.4, 0.5) is 10.1 Å². The van der Waals surface area contributed by atoms with E-state index in [2.05, 4.69) is 0 Å². The number of rotatable bonds is 4. The zero-order valence-corrected chi connectivity index (χ0v) is 12.7. The highest BCUT2D eigenvalue weighted by atomic mass is 19.1. The number of nitrogens with zero attached hydrogens (tertiary/aromatic N) is 1. The smallest absolute Gasteiger partial charge is 0.237 e. The Morgan fingerprint density at radius 3 is 2.57 bits per heavy atom. The molecule has 2 aromatic carbocycles. The minimum atomic E-state index is -0.536. The van der Waals surface area contributed by atoms with Gasteiger partial charge in [0, 0.05) is 12.5 Å². The Kier molecular flexibility index (Phi) is 4.10. The fourth-order valence-electron chi connectivity index (χ4n) is 2.79. The van der Waals surface area contributed by atoms with Crippen LogP contribution < -0.4 is 9.64 Å². The molecule has 0 bridgehead atoms. The molecule has 1 heterocycles. The van der Waals surface area contributed by atoms with E-state index >= 15 is 0 Å². The summed E-state index contributed by atoms with van der Waals surface area (Å²) in [6, 6.07) is 13.3. The average molecular weight is 313 g/mol. The van der Waals surface area contributed by atoms with Crippen molar-refractivity contribution < 1.29 is 18.7 Å². The van der Waals surface area contributed by atoms with Crippen molar-refractivity contribution in [2.45, 2.75) is 12.8 Å². The third-order valence-electron chi connectivity index (χ3n) is 3.98. The quantitative estimate of drug-likeness (QED) is 0.815. The molecule has 1 saturated heterocycles. The van der Waals surface area contributed by atoms with Crippen LogP contribution in [0.15, 0.2) is 48.5 Å². The van der Waals surface area contributed by atoms with Gasteiger partial charge in [-0.3, -0.25) is 14.5 Å². The van der Waals surface area contributed by atoms with Gasteiger partial charge in [-0.25, -0.2) is 4.39 Å². The number of methoxy groups -OCH3 is 1. The molecule has 2 aromatic rings. The second-order valence-corrected chi connectivity index (χ2v) is 5.47. The van der Waals surface area contributed by atoms with Crippen LogP contribution in [-0.2, 0) is 16.0 Å². The standard InChI is InChI=1S/C18H16FNO3/c1-23-15-8-7-12(16(19)11-15)9-13-10-17(21)20(18(13)22)14-5-3-2-4-6-14/h2-8,11,13H,9-10H2,1H3. The number of benzene rings is 2. The normalized spacial score (nSPS) is 17.7. The van der Waals surface area contributed by atoms with E-state index in [4.69, 9.17) is 4.74 Å². The van der Waals surface area contributed by atoms with Crippen molar-refractivity contribution in [1.82, 2.24) is 0 Å². The van der Waals surface area contributed by atoms with Crippen molar-refractivity contribution in [2.24, 2.45) is 5.92 Å². The number of carbonyl (C=O) groups is 2. The highest BCUT2D eigenvalue weighted by Gasteiger charge is 2.39. The second kappa shape index (κ2) is 6.20. The molecule has 1 aliphatic heterocycles. The van der Waals surface area contributed by atoms with Crippen molar-refractivity contribution in [3.63, 3.8) is 0 Å². The molecule has 2 amide bonds. The predicted molar refractivity (Wildman–Crippen MR) is 83.7 cm³/mol. The topological polar surface area (TPSA) is 46.6 Å². The largest absolute Gasteiger partial charge is 0.497 e. The number of ether oxygens (including phenoxy) is 1. The molecule has 1 atom stereocenters. The number of amides is 2. The van der Waals surface area contributed by atoms with Crippen LogP contribution in [0.5, 0.6) is 5.75 Å². The fraction of sp³-hybridized carbons (Fsp3) is 0.222. The van der Waals surface area contributed by atoms with Crippen molar-refractivity contribution >= 4 is 17.5 Å². The van der Waals surface area contributed by atoms with E-state index < -0.39 is 11.7 Å². The first kappa shape index (κ1) is 15.2. The molecule has 0 aliphatic carbocycles. The summed E-state index contributed by atoms with van der Waals surface area (Å²) in [6.45, 7) is 0. The molecule has 5 heteroatoms. The van der Waals surface area contributed by atoms with Gasteiger partial charge in [0.2, 0.25) is 11.8 Å². The van der Waals surface area contributed by atoms with E-state index in [-0.39, 0.29) is 24.7 Å². The third-order valence-corrected chi connectivity index (χ3v) is 3.98. The maximum atomic E-state index is 14.0. The molecule has 118 valence electrons. The van der Waals surface area contributed by atoms with Crippen LogP contribution in [0.2, 0.25) is 0 Å². The zero-order chi connectivity index (χ0) is 16.4. The first-order chi connectivity index (χ1) is 11.1. The highest BCUT2D eigenvalue weighted by molar-refractivity contribution is 6.20. The lowest BCUT2D eigenvalue weighted by molar-refractivity contribution is -0.122. The van der Waals surface area contributed by atoms with Gasteiger partial charge in [-0.2, -0.15) is 0 Å². The van der Waals surface area contributed by atoms with Crippen LogP contribution in [0, 0.1) is 11.7 Å². The average Bonchev–Trinajstić information content (AvgIpc) is 2.84. The van der Waals surface area contributed by atoms with Gasteiger partial charge in [-0.15, -0.1) is 0 Å². The summed E-state index contributed by atoms with van der Waals surface area (Å²) in [6.07, 6.45) is 0.295. The Bertz CT molecular complexity index is 745. The predicted octanol–water partition coefficient (Wildman–Crippen LogP) is 2.96. The van der Waals surface area contributed by atoms with Crippen LogP contribution in [0.25, 0.3) is 0 Å². The lowest BCUT2D eigenvalue weighted by atomic mass is 9.97. The van der Waals surface area contributed by atoms with E-state index in [0.717, 1.165) is 0 Å². The SMILES string of the molecule is COc1ccc(CC2CC(=O)N(c3ccccc3)C2=O)c(F)c1. The lowest BCUT2D eigenvalue weighted by Crippen LogP contribution is -2.30. The Labute approximate surface area is 133 Å². The van der Waals surface area contributed by atoms with Crippen molar-refractivity contribution in [3.8, 4) is 5.75 Å². The Hall–Kier alpha value is -2.69. The Morgan fingerprint density at radius 2 is 1.91 bits per heavy atom. The lowest BCUT2D eigenvalue weighted by Gasteiger charge is -2.15. The minimum absolute atomic E-state index is 0.0964. The fourth-order valence-corrected chi connectivity index (χ4v) is 2.79. The van der Waals surface area contributed by atoms with Crippen LogP contribution >= 0.6 is 0 Å². The van der Waals surface area contributed by atoms with Gasteiger partial charge in [-0.05, 0) is 30.2 Å². The molecule has 1 fully saturated rings. The van der Waals surface area contributed by atoms with Crippen molar-refractivity contribution in [3.05, 3.63) is 59.9 Å². The highest BCUT2D eigenvalue weighted by Crippen LogP contribution is 2.29. The van der Waals surface area contributed by atoms with E-state index in [1.54, 1.807) is 36.4 Å². The van der Waals surface area contributed by atoms with E-state index in [0.29, 0.717) is 17.0 Å². The molecule has 0 aromatic heterocycles. The van der Waals surface area contributed by atoms with E-state index in [9.17, 15) is 14.0 Å². The molecule has 0 spiro atoms. The molecular formula is C18H16FNO3. The molecule has 1 unspecified atom stereocenters. The maximum absolute atomic E-state index is 14.0. The number of anilines is 1. The number of para-hydroxylation sites is 1. The number of carbonyl (C=O) groups excluding carboxylic acids is 2. The number of halogens is 1. The maximum Gasteiger partial charge on any atom is 0.237 e. The molecule has 1 aliphatic rings.